The average molecular weight is 451 g/mol. The highest BCUT2D eigenvalue weighted by Crippen LogP contribution is 2.32. The number of thiazole rings is 1. The van der Waals surface area contributed by atoms with Gasteiger partial charge in [0, 0.05) is 25.4 Å². The number of aryl methyl sites for hydroxylation is 3. The Hall–Kier alpha value is -3.39. The molecule has 0 unspecified atom stereocenters. The first-order valence-electron chi connectivity index (χ1n) is 10.3. The van der Waals surface area contributed by atoms with Gasteiger partial charge in [-0.15, -0.1) is 11.3 Å². The first-order valence-corrected chi connectivity index (χ1v) is 11.2. The third-order valence-corrected chi connectivity index (χ3v) is 6.34. The molecular weight excluding hydrogens is 430 g/mol. The summed E-state index contributed by atoms with van der Waals surface area (Å²) < 4.78 is 33.4. The van der Waals surface area contributed by atoms with Crippen molar-refractivity contribution in [3.63, 3.8) is 0 Å². The predicted octanol–water partition coefficient (Wildman–Crippen LogP) is 6.07. The second-order valence-corrected chi connectivity index (χ2v) is 8.50. The summed E-state index contributed by atoms with van der Waals surface area (Å²) in [6.45, 7) is 0.000731. The van der Waals surface area contributed by atoms with Gasteiger partial charge in [-0.25, -0.2) is 15.0 Å². The molecule has 162 valence electrons. The Kier molecular flexibility index (Phi) is 5.53. The fourth-order valence-corrected chi connectivity index (χ4v) is 4.65. The van der Waals surface area contributed by atoms with E-state index in [2.05, 4.69) is 39.8 Å². The van der Waals surface area contributed by atoms with E-state index in [1.54, 1.807) is 29.5 Å². The van der Waals surface area contributed by atoms with Gasteiger partial charge >= 0.3 is 6.61 Å². The minimum atomic E-state index is -2.90. The van der Waals surface area contributed by atoms with E-state index in [-0.39, 0.29) is 5.75 Å². The highest BCUT2D eigenvalue weighted by Gasteiger charge is 2.17. The minimum Gasteiger partial charge on any atom is -0.434 e. The molecule has 2 aliphatic rings. The minimum absolute atomic E-state index is 0.0627. The molecule has 0 saturated heterocycles. The number of imidazole rings is 1. The van der Waals surface area contributed by atoms with Crippen LogP contribution in [0.5, 0.6) is 5.75 Å². The Balaban J connectivity index is 1.36. The van der Waals surface area contributed by atoms with E-state index >= 15 is 0 Å². The van der Waals surface area contributed by atoms with Crippen LogP contribution in [0.4, 0.5) is 8.78 Å². The number of ether oxygens (including phenoxy) is 1. The first kappa shape index (κ1) is 20.5. The lowest BCUT2D eigenvalue weighted by molar-refractivity contribution is -0.0494. The molecule has 5 rings (SSSR count). The number of hydrogen-bond donors (Lipinski definition) is 0. The molecule has 0 aliphatic carbocycles. The van der Waals surface area contributed by atoms with Crippen molar-refractivity contribution in [1.29, 1.82) is 0 Å². The standard InChI is InChI=1S/C24H20F2N4OS/c1-2-15-7-8-18-21(13-15)32-22(27-18)10-12-30-11-9-17-19(14-30)29-23(28-17)16-5-3-4-6-20(16)31-24(25)26/h3-9,11,13-14,24H,2,10,12H2,1H3. The lowest BCUT2D eigenvalue weighted by Crippen LogP contribution is -2.03. The van der Waals surface area contributed by atoms with Gasteiger partial charge in [-0.2, -0.15) is 8.78 Å². The van der Waals surface area contributed by atoms with E-state index in [1.165, 1.54) is 16.3 Å². The zero-order valence-corrected chi connectivity index (χ0v) is 18.1. The molecule has 0 saturated carbocycles. The number of para-hydroxylation sites is 1. The van der Waals surface area contributed by atoms with Gasteiger partial charge in [-0.3, -0.25) is 0 Å². The summed E-state index contributed by atoms with van der Waals surface area (Å²) >= 11 is 1.73. The van der Waals surface area contributed by atoms with Gasteiger partial charge in [0.1, 0.15) is 11.4 Å². The summed E-state index contributed by atoms with van der Waals surface area (Å²) in [6.07, 6.45) is 5.69. The van der Waals surface area contributed by atoms with Crippen LogP contribution in [0.25, 0.3) is 33.0 Å². The number of nitrogens with zero attached hydrogens (tertiary/aromatic N) is 4. The van der Waals surface area contributed by atoms with Gasteiger partial charge in [-0.05, 0) is 42.3 Å². The fourth-order valence-electron chi connectivity index (χ4n) is 3.63. The first-order chi connectivity index (χ1) is 15.6. The Morgan fingerprint density at radius 2 is 1.88 bits per heavy atom. The van der Waals surface area contributed by atoms with Gasteiger partial charge in [0.05, 0.1) is 26.5 Å². The van der Waals surface area contributed by atoms with Crippen molar-refractivity contribution in [2.24, 2.45) is 0 Å². The van der Waals surface area contributed by atoms with Crippen LogP contribution in [0, 0.1) is 0 Å². The molecule has 3 aromatic rings. The molecule has 32 heavy (non-hydrogen) atoms. The smallest absolute Gasteiger partial charge is 0.387 e. The summed E-state index contributed by atoms with van der Waals surface area (Å²) in [5, 5.41) is 1.09. The van der Waals surface area contributed by atoms with Gasteiger partial charge in [0.2, 0.25) is 0 Å². The highest BCUT2D eigenvalue weighted by molar-refractivity contribution is 7.18. The van der Waals surface area contributed by atoms with Gasteiger partial charge < -0.3 is 9.30 Å². The molecule has 0 spiro atoms. The lowest BCUT2D eigenvalue weighted by Gasteiger charge is -2.07. The Morgan fingerprint density at radius 1 is 1.03 bits per heavy atom. The number of benzene rings is 2. The molecule has 0 N–H and O–H groups in total. The number of fused-ring (bicyclic) bond motifs is 2. The summed E-state index contributed by atoms with van der Waals surface area (Å²) in [6, 6.07) is 14.9. The van der Waals surface area contributed by atoms with Crippen LogP contribution in [0.15, 0.2) is 60.9 Å². The molecule has 8 heteroatoms. The number of hydrogen-bond acceptors (Lipinski definition) is 5. The summed E-state index contributed by atoms with van der Waals surface area (Å²) in [5.74, 6) is 0.430. The van der Waals surface area contributed by atoms with Crippen molar-refractivity contribution >= 4 is 21.6 Å². The zero-order chi connectivity index (χ0) is 22.1. The van der Waals surface area contributed by atoms with Crippen molar-refractivity contribution in [2.75, 3.05) is 0 Å². The second-order valence-electron chi connectivity index (χ2n) is 7.39. The predicted molar refractivity (Wildman–Crippen MR) is 121 cm³/mol. The van der Waals surface area contributed by atoms with Crippen LogP contribution >= 0.6 is 11.3 Å². The van der Waals surface area contributed by atoms with Crippen molar-refractivity contribution < 1.29 is 13.5 Å². The lowest BCUT2D eigenvalue weighted by atomic mass is 10.2. The third kappa shape index (κ3) is 4.18. The van der Waals surface area contributed by atoms with Crippen molar-refractivity contribution in [1.82, 2.24) is 19.5 Å². The summed E-state index contributed by atoms with van der Waals surface area (Å²) in [7, 11) is 0. The van der Waals surface area contributed by atoms with Gasteiger partial charge in [0.15, 0.2) is 5.82 Å². The summed E-state index contributed by atoms with van der Waals surface area (Å²) in [5.41, 5.74) is 4.20. The van der Waals surface area contributed by atoms with Crippen molar-refractivity contribution in [3.05, 3.63) is 71.5 Å². The number of halogens is 2. The molecule has 0 amide bonds. The largest absolute Gasteiger partial charge is 0.434 e. The topological polar surface area (TPSA) is 52.8 Å². The molecule has 2 aromatic carbocycles. The van der Waals surface area contributed by atoms with E-state index < -0.39 is 6.61 Å². The third-order valence-electron chi connectivity index (χ3n) is 5.26. The Morgan fingerprint density at radius 3 is 2.72 bits per heavy atom. The molecule has 5 nitrogen and oxygen atoms in total. The second kappa shape index (κ2) is 8.63. The number of aromatic nitrogens is 4. The Labute approximate surface area is 187 Å². The number of alkyl halides is 2. The molecule has 2 aliphatic heterocycles. The van der Waals surface area contributed by atoms with E-state index in [9.17, 15) is 8.78 Å². The molecule has 3 heterocycles. The molecule has 1 aromatic heterocycles. The maximum absolute atomic E-state index is 12.7. The maximum atomic E-state index is 12.7. The monoisotopic (exact) mass is 450 g/mol. The van der Waals surface area contributed by atoms with Crippen LogP contribution in [-0.4, -0.2) is 26.1 Å². The van der Waals surface area contributed by atoms with E-state index in [1.807, 2.05) is 23.0 Å². The number of rotatable bonds is 7. The molecule has 0 bridgehead atoms. The quantitative estimate of drug-likeness (QED) is 0.302. The van der Waals surface area contributed by atoms with Crippen LogP contribution in [0.2, 0.25) is 0 Å². The molecule has 0 radical (unpaired) electrons. The summed E-state index contributed by atoms with van der Waals surface area (Å²) in [4.78, 5) is 13.8. The van der Waals surface area contributed by atoms with Crippen molar-refractivity contribution in [3.8, 4) is 28.5 Å². The fraction of sp³-hybridized carbons (Fsp3) is 0.208. The van der Waals surface area contributed by atoms with Crippen LogP contribution < -0.4 is 4.74 Å². The van der Waals surface area contributed by atoms with Crippen LogP contribution in [0.3, 0.4) is 0 Å². The zero-order valence-electron chi connectivity index (χ0n) is 17.3. The van der Waals surface area contributed by atoms with Crippen molar-refractivity contribution in [2.45, 2.75) is 32.9 Å². The normalized spacial score (nSPS) is 11.6. The number of pyridine rings is 1. The van der Waals surface area contributed by atoms with Crippen LogP contribution in [-0.2, 0) is 19.4 Å². The average Bonchev–Trinajstić information content (AvgIpc) is 3.40. The van der Waals surface area contributed by atoms with Gasteiger partial charge in [0.25, 0.3) is 0 Å². The highest BCUT2D eigenvalue weighted by atomic mass is 32.1. The molecule has 0 fully saturated rings. The SMILES string of the molecule is CCc1ccc2nc(CCn3ccc4nc(-c5ccccc5OC(F)F)nc-4c3)sc2c1. The molecular formula is C24H20F2N4OS. The maximum Gasteiger partial charge on any atom is 0.387 e. The van der Waals surface area contributed by atoms with Crippen LogP contribution in [0.1, 0.15) is 17.5 Å². The van der Waals surface area contributed by atoms with E-state index in [0.717, 1.165) is 29.9 Å². The molecule has 0 atom stereocenters. The van der Waals surface area contributed by atoms with E-state index in [4.69, 9.17) is 4.98 Å². The Bertz CT molecular complexity index is 1350. The van der Waals surface area contributed by atoms with E-state index in [0.29, 0.717) is 22.8 Å². The van der Waals surface area contributed by atoms with Gasteiger partial charge in [-0.1, -0.05) is 25.1 Å².